The molecular weight excluding hydrogens is 530 g/mol. The summed E-state index contributed by atoms with van der Waals surface area (Å²) in [6, 6.07) is 15.6. The van der Waals surface area contributed by atoms with Crippen LogP contribution in [0.25, 0.3) is 16.9 Å². The summed E-state index contributed by atoms with van der Waals surface area (Å²) in [6.07, 6.45) is 1.85. The van der Waals surface area contributed by atoms with Crippen LogP contribution < -0.4 is 19.5 Å². The lowest BCUT2D eigenvalue weighted by molar-refractivity contribution is -0.140. The molecule has 0 fully saturated rings. The van der Waals surface area contributed by atoms with E-state index in [1.807, 2.05) is 22.7 Å². The Hall–Kier alpha value is -4.05. The van der Waals surface area contributed by atoms with Crippen molar-refractivity contribution in [3.05, 3.63) is 70.8 Å². The second-order valence-corrected chi connectivity index (χ2v) is 8.45. The van der Waals surface area contributed by atoms with Gasteiger partial charge in [-0.15, -0.1) is 0 Å². The number of ether oxygens (including phenoxy) is 4. The maximum absolute atomic E-state index is 12.7. The summed E-state index contributed by atoms with van der Waals surface area (Å²) in [6.45, 7) is 2.01. The Kier molecular flexibility index (Phi) is 7.74. The molecule has 2 heterocycles. The Morgan fingerprint density at radius 3 is 2.61 bits per heavy atom. The standard InChI is InChI=1S/C26H24BrN3O6/c1-4-35-23(31)14-28-25-24(29-22-11-9-18(27)15-30(22)25)16-8-10-20(21(13-16)34-3)36-26(32)17-6-5-7-19(12-17)33-2/h5-13,15,28H,4,14H2,1-3H3. The number of hydrogen-bond acceptors (Lipinski definition) is 8. The second-order valence-electron chi connectivity index (χ2n) is 7.53. The number of rotatable bonds is 9. The number of fused-ring (bicyclic) bond motifs is 1. The number of benzene rings is 2. The average Bonchev–Trinajstić information content (AvgIpc) is 3.25. The molecule has 0 radical (unpaired) electrons. The van der Waals surface area contributed by atoms with Crippen LogP contribution in [-0.4, -0.2) is 48.7 Å². The van der Waals surface area contributed by atoms with Crippen LogP contribution in [0.15, 0.2) is 65.3 Å². The van der Waals surface area contributed by atoms with Gasteiger partial charge < -0.3 is 24.3 Å². The lowest BCUT2D eigenvalue weighted by Crippen LogP contribution is -2.17. The summed E-state index contributed by atoms with van der Waals surface area (Å²) in [5.74, 6) is 0.815. The number of esters is 2. The van der Waals surface area contributed by atoms with E-state index in [1.165, 1.54) is 14.2 Å². The van der Waals surface area contributed by atoms with Gasteiger partial charge in [-0.05, 0) is 71.4 Å². The summed E-state index contributed by atoms with van der Waals surface area (Å²) in [7, 11) is 3.02. The van der Waals surface area contributed by atoms with E-state index < -0.39 is 5.97 Å². The highest BCUT2D eigenvalue weighted by atomic mass is 79.9. The molecule has 4 aromatic rings. The Morgan fingerprint density at radius 1 is 1.03 bits per heavy atom. The fourth-order valence-electron chi connectivity index (χ4n) is 3.56. The zero-order valence-corrected chi connectivity index (χ0v) is 21.5. The third-order valence-electron chi connectivity index (χ3n) is 5.23. The fourth-order valence-corrected chi connectivity index (χ4v) is 3.90. The van der Waals surface area contributed by atoms with Crippen molar-refractivity contribution < 1.29 is 28.5 Å². The highest BCUT2D eigenvalue weighted by Gasteiger charge is 2.19. The van der Waals surface area contributed by atoms with E-state index in [-0.39, 0.29) is 18.3 Å². The fraction of sp³-hybridized carbons (Fsp3) is 0.192. The molecule has 0 aliphatic heterocycles. The number of hydrogen-bond donors (Lipinski definition) is 1. The number of carbonyl (C=O) groups excluding carboxylic acids is 2. The van der Waals surface area contributed by atoms with Crippen LogP contribution in [0.5, 0.6) is 17.2 Å². The Bertz CT molecular complexity index is 1420. The van der Waals surface area contributed by atoms with E-state index in [0.717, 1.165) is 4.47 Å². The van der Waals surface area contributed by atoms with Gasteiger partial charge in [-0.2, -0.15) is 0 Å². The number of aromatic nitrogens is 2. The van der Waals surface area contributed by atoms with Crippen LogP contribution in [0.3, 0.4) is 0 Å². The Balaban J connectivity index is 1.68. The van der Waals surface area contributed by atoms with E-state index in [2.05, 4.69) is 21.2 Å². The van der Waals surface area contributed by atoms with Gasteiger partial charge in [0, 0.05) is 16.2 Å². The minimum atomic E-state index is -0.547. The number of pyridine rings is 1. The maximum atomic E-state index is 12.7. The highest BCUT2D eigenvalue weighted by molar-refractivity contribution is 9.10. The number of carbonyl (C=O) groups is 2. The molecule has 10 heteroatoms. The monoisotopic (exact) mass is 553 g/mol. The molecular formula is C26H24BrN3O6. The van der Waals surface area contributed by atoms with Crippen LogP contribution in [0.1, 0.15) is 17.3 Å². The van der Waals surface area contributed by atoms with Crippen molar-refractivity contribution in [2.45, 2.75) is 6.92 Å². The first kappa shape index (κ1) is 25.1. The molecule has 2 aromatic carbocycles. The molecule has 0 atom stereocenters. The molecule has 36 heavy (non-hydrogen) atoms. The van der Waals surface area contributed by atoms with Crippen LogP contribution in [0.2, 0.25) is 0 Å². The van der Waals surface area contributed by atoms with Gasteiger partial charge in [-0.3, -0.25) is 9.20 Å². The van der Waals surface area contributed by atoms with Crippen molar-refractivity contribution in [1.82, 2.24) is 9.38 Å². The normalized spacial score (nSPS) is 10.7. The molecule has 2 aromatic heterocycles. The van der Waals surface area contributed by atoms with Crippen LogP contribution >= 0.6 is 15.9 Å². The molecule has 9 nitrogen and oxygen atoms in total. The number of imidazole rings is 1. The van der Waals surface area contributed by atoms with Crippen molar-refractivity contribution in [3.63, 3.8) is 0 Å². The number of methoxy groups -OCH3 is 2. The van der Waals surface area contributed by atoms with Gasteiger partial charge in [0.1, 0.15) is 29.5 Å². The first-order chi connectivity index (χ1) is 17.4. The Labute approximate surface area is 216 Å². The number of nitrogens with one attached hydrogen (secondary N) is 1. The zero-order chi connectivity index (χ0) is 25.7. The SMILES string of the molecule is CCOC(=O)CNc1c(-c2ccc(OC(=O)c3cccc(OC)c3)c(OC)c2)nc2ccc(Br)cn12. The smallest absolute Gasteiger partial charge is 0.343 e. The van der Waals surface area contributed by atoms with Crippen molar-refractivity contribution in [2.75, 3.05) is 32.7 Å². The first-order valence-corrected chi connectivity index (χ1v) is 11.8. The lowest BCUT2D eigenvalue weighted by Gasteiger charge is -2.12. The molecule has 0 unspecified atom stereocenters. The molecule has 0 aliphatic carbocycles. The third-order valence-corrected chi connectivity index (χ3v) is 5.70. The molecule has 0 saturated carbocycles. The molecule has 4 rings (SSSR count). The van der Waals surface area contributed by atoms with E-state index in [4.69, 9.17) is 23.9 Å². The van der Waals surface area contributed by atoms with Crippen LogP contribution in [0, 0.1) is 0 Å². The van der Waals surface area contributed by atoms with Gasteiger partial charge in [0.15, 0.2) is 11.5 Å². The maximum Gasteiger partial charge on any atom is 0.343 e. The molecule has 0 aliphatic rings. The summed E-state index contributed by atoms with van der Waals surface area (Å²) in [5, 5.41) is 3.13. The van der Waals surface area contributed by atoms with Gasteiger partial charge >= 0.3 is 11.9 Å². The predicted octanol–water partition coefficient (Wildman–Crippen LogP) is 4.98. The van der Waals surface area contributed by atoms with Gasteiger partial charge in [-0.1, -0.05) is 6.07 Å². The van der Waals surface area contributed by atoms with Gasteiger partial charge in [-0.25, -0.2) is 9.78 Å². The summed E-state index contributed by atoms with van der Waals surface area (Å²) in [5.41, 5.74) is 2.30. The first-order valence-electron chi connectivity index (χ1n) is 11.0. The Morgan fingerprint density at radius 2 is 1.86 bits per heavy atom. The topological polar surface area (TPSA) is 100 Å². The summed E-state index contributed by atoms with van der Waals surface area (Å²) < 4.78 is 24.0. The number of halogens is 1. The number of nitrogens with zero attached hydrogens (tertiary/aromatic N) is 2. The molecule has 186 valence electrons. The largest absolute Gasteiger partial charge is 0.497 e. The zero-order valence-electron chi connectivity index (χ0n) is 19.9. The molecule has 1 N–H and O–H groups in total. The van der Waals surface area contributed by atoms with Crippen LogP contribution in [0.4, 0.5) is 5.82 Å². The van der Waals surface area contributed by atoms with E-state index >= 15 is 0 Å². The highest BCUT2D eigenvalue weighted by Crippen LogP contribution is 2.36. The van der Waals surface area contributed by atoms with Crippen molar-refractivity contribution in [3.8, 4) is 28.5 Å². The molecule has 0 amide bonds. The average molecular weight is 554 g/mol. The third kappa shape index (κ3) is 5.44. The van der Waals surface area contributed by atoms with Crippen molar-refractivity contribution in [1.29, 1.82) is 0 Å². The summed E-state index contributed by atoms with van der Waals surface area (Å²) >= 11 is 3.48. The number of anilines is 1. The minimum absolute atomic E-state index is 0.0332. The van der Waals surface area contributed by atoms with E-state index in [0.29, 0.717) is 46.4 Å². The molecule has 0 spiro atoms. The predicted molar refractivity (Wildman–Crippen MR) is 138 cm³/mol. The van der Waals surface area contributed by atoms with Gasteiger partial charge in [0.05, 0.1) is 26.4 Å². The van der Waals surface area contributed by atoms with Gasteiger partial charge in [0.25, 0.3) is 0 Å². The van der Waals surface area contributed by atoms with Crippen molar-refractivity contribution >= 4 is 39.3 Å². The molecule has 0 saturated heterocycles. The van der Waals surface area contributed by atoms with Gasteiger partial charge in [0.2, 0.25) is 0 Å². The summed E-state index contributed by atoms with van der Waals surface area (Å²) in [4.78, 5) is 29.4. The second kappa shape index (κ2) is 11.1. The van der Waals surface area contributed by atoms with Crippen LogP contribution in [-0.2, 0) is 9.53 Å². The minimum Gasteiger partial charge on any atom is -0.497 e. The molecule has 0 bridgehead atoms. The van der Waals surface area contributed by atoms with E-state index in [9.17, 15) is 9.59 Å². The van der Waals surface area contributed by atoms with Crippen molar-refractivity contribution in [2.24, 2.45) is 0 Å². The lowest BCUT2D eigenvalue weighted by atomic mass is 10.1. The van der Waals surface area contributed by atoms with E-state index in [1.54, 1.807) is 49.4 Å². The quantitative estimate of drug-likeness (QED) is 0.229.